The molecule has 3 heterocycles. The number of benzene rings is 2. The topological polar surface area (TPSA) is 105 Å². The number of anilines is 1. The highest BCUT2D eigenvalue weighted by Crippen LogP contribution is 2.35. The highest BCUT2D eigenvalue weighted by atomic mass is 32.2. The van der Waals surface area contributed by atoms with Crippen LogP contribution >= 0.6 is 0 Å². The fourth-order valence-corrected chi connectivity index (χ4v) is 6.05. The van der Waals surface area contributed by atoms with Crippen LogP contribution in [0.1, 0.15) is 21.5 Å². The van der Waals surface area contributed by atoms with E-state index in [1.807, 2.05) is 0 Å². The van der Waals surface area contributed by atoms with Crippen molar-refractivity contribution >= 4 is 32.5 Å². The number of hydrogen-bond donors (Lipinski definition) is 1. The zero-order valence-corrected chi connectivity index (χ0v) is 23.4. The van der Waals surface area contributed by atoms with Crippen LogP contribution < -0.4 is 9.46 Å². The number of pyridine rings is 2. The molecule has 1 fully saturated rings. The molecule has 16 heteroatoms. The number of nitrogens with one attached hydrogen (secondary N) is 1. The molecule has 1 N–H and O–H groups in total. The summed E-state index contributed by atoms with van der Waals surface area (Å²) >= 11 is 0. The number of sulfonamides is 1. The van der Waals surface area contributed by atoms with E-state index in [2.05, 4.69) is 19.4 Å². The maximum Gasteiger partial charge on any atom is 0.573 e. The van der Waals surface area contributed by atoms with E-state index in [1.165, 1.54) is 23.2 Å². The van der Waals surface area contributed by atoms with E-state index in [0.717, 1.165) is 36.7 Å². The number of carbonyl (C=O) groups excluding carboxylic acids is 1. The molecule has 0 unspecified atom stereocenters. The normalized spacial score (nSPS) is 14.9. The predicted octanol–water partition coefficient (Wildman–Crippen LogP) is 5.31. The maximum absolute atomic E-state index is 13.3. The highest BCUT2D eigenvalue weighted by Gasteiger charge is 2.35. The van der Waals surface area contributed by atoms with Crippen molar-refractivity contribution in [2.75, 3.05) is 30.9 Å². The average Bonchev–Trinajstić information content (AvgIpc) is 2.96. The minimum absolute atomic E-state index is 0.0222. The molecule has 2 aromatic heterocycles. The molecule has 0 radical (unpaired) electrons. The first-order chi connectivity index (χ1) is 20.7. The quantitative estimate of drug-likeness (QED) is 0.274. The second-order valence-corrected chi connectivity index (χ2v) is 11.4. The van der Waals surface area contributed by atoms with Gasteiger partial charge in [-0.1, -0.05) is 18.2 Å². The fourth-order valence-electron chi connectivity index (χ4n) is 4.80. The van der Waals surface area contributed by atoms with Crippen molar-refractivity contribution in [3.8, 4) is 5.75 Å². The molecule has 9 nitrogen and oxygen atoms in total. The van der Waals surface area contributed by atoms with Gasteiger partial charge in [-0.25, -0.2) is 8.42 Å². The Kier molecular flexibility index (Phi) is 8.40. The molecule has 2 aromatic carbocycles. The Morgan fingerprint density at radius 2 is 1.66 bits per heavy atom. The molecule has 0 spiro atoms. The smallest absolute Gasteiger partial charge is 0.404 e. The van der Waals surface area contributed by atoms with E-state index in [9.17, 15) is 39.6 Å². The molecule has 232 valence electrons. The Morgan fingerprint density at radius 1 is 0.932 bits per heavy atom. The van der Waals surface area contributed by atoms with Crippen molar-refractivity contribution in [2.24, 2.45) is 0 Å². The summed E-state index contributed by atoms with van der Waals surface area (Å²) in [4.78, 5) is 23.8. The van der Waals surface area contributed by atoms with Gasteiger partial charge in [0.05, 0.1) is 16.8 Å². The van der Waals surface area contributed by atoms with Gasteiger partial charge >= 0.3 is 12.5 Å². The van der Waals surface area contributed by atoms with Crippen molar-refractivity contribution < 1.29 is 44.3 Å². The van der Waals surface area contributed by atoms with Gasteiger partial charge < -0.3 is 9.64 Å². The number of hydrogen-bond acceptors (Lipinski definition) is 7. The monoisotopic (exact) mass is 639 g/mol. The Labute approximate surface area is 247 Å². The van der Waals surface area contributed by atoms with Crippen LogP contribution in [0, 0.1) is 0 Å². The number of aromatic nitrogens is 2. The standard InChI is InChI=1S/C28H23F6N5O4S/c29-27(30,31)21-8-10-35-16-20(21)17-38-11-13-39(14-12-38)26(40)19-6-7-22(23(15-19)43-28(32,33)34)37-44(41,42)24-5-1-3-18-4-2-9-36-25(18)24/h1-10,15-16,37H,11-14,17H2. The van der Waals surface area contributed by atoms with E-state index < -0.39 is 45.5 Å². The van der Waals surface area contributed by atoms with Gasteiger partial charge in [-0.15, -0.1) is 13.2 Å². The third-order valence-electron chi connectivity index (χ3n) is 6.85. The molecular formula is C28H23F6N5O4S. The van der Waals surface area contributed by atoms with E-state index in [1.54, 1.807) is 23.1 Å². The first-order valence-corrected chi connectivity index (χ1v) is 14.5. The number of rotatable bonds is 7. The van der Waals surface area contributed by atoms with Crippen LogP contribution in [0.4, 0.5) is 32.0 Å². The van der Waals surface area contributed by atoms with E-state index in [-0.39, 0.29) is 54.3 Å². The number of ether oxygens (including phenoxy) is 1. The maximum atomic E-state index is 13.3. The molecule has 1 saturated heterocycles. The number of amides is 1. The SMILES string of the molecule is O=C(c1ccc(NS(=O)(=O)c2cccc3cccnc23)c(OC(F)(F)F)c1)N1CCN(Cc2cnccc2C(F)(F)F)CC1. The number of carbonyl (C=O) groups is 1. The summed E-state index contributed by atoms with van der Waals surface area (Å²) in [6.07, 6.45) is -6.21. The number of para-hydroxylation sites is 1. The van der Waals surface area contributed by atoms with Crippen molar-refractivity contribution in [1.82, 2.24) is 19.8 Å². The van der Waals surface area contributed by atoms with Crippen LogP contribution in [-0.4, -0.2) is 66.6 Å². The summed E-state index contributed by atoms with van der Waals surface area (Å²) in [6.45, 7) is 0.494. The number of halogens is 6. The molecule has 1 aliphatic rings. The molecule has 1 aliphatic heterocycles. The molecule has 0 aliphatic carbocycles. The van der Waals surface area contributed by atoms with Crippen LogP contribution in [0.5, 0.6) is 5.75 Å². The van der Waals surface area contributed by atoms with Crippen molar-refractivity contribution in [1.29, 1.82) is 0 Å². The largest absolute Gasteiger partial charge is 0.573 e. The van der Waals surface area contributed by atoms with Gasteiger partial charge in [-0.05, 0) is 42.0 Å². The number of alkyl halides is 6. The summed E-state index contributed by atoms with van der Waals surface area (Å²) < 4.78 is 113. The van der Waals surface area contributed by atoms with E-state index in [4.69, 9.17) is 0 Å². The number of fused-ring (bicyclic) bond motifs is 1. The lowest BCUT2D eigenvalue weighted by Gasteiger charge is -2.35. The summed E-state index contributed by atoms with van der Waals surface area (Å²) in [6, 6.07) is 11.4. The minimum atomic E-state index is -5.21. The van der Waals surface area contributed by atoms with Gasteiger partial charge in [-0.3, -0.25) is 24.4 Å². The second kappa shape index (κ2) is 11.9. The van der Waals surface area contributed by atoms with Gasteiger partial charge in [0.1, 0.15) is 4.90 Å². The molecule has 0 bridgehead atoms. The van der Waals surface area contributed by atoms with E-state index >= 15 is 0 Å². The summed E-state index contributed by atoms with van der Waals surface area (Å²) in [5.41, 5.74) is -1.50. The van der Waals surface area contributed by atoms with Gasteiger partial charge in [0.25, 0.3) is 15.9 Å². The van der Waals surface area contributed by atoms with Crippen LogP contribution in [0.25, 0.3) is 10.9 Å². The molecule has 0 atom stereocenters. The number of nitrogens with zero attached hydrogens (tertiary/aromatic N) is 4. The van der Waals surface area contributed by atoms with Gasteiger partial charge in [0.2, 0.25) is 0 Å². The van der Waals surface area contributed by atoms with Crippen molar-refractivity contribution in [3.63, 3.8) is 0 Å². The summed E-state index contributed by atoms with van der Waals surface area (Å²) in [7, 11) is -4.45. The predicted molar refractivity (Wildman–Crippen MR) is 146 cm³/mol. The summed E-state index contributed by atoms with van der Waals surface area (Å²) in [5.74, 6) is -1.61. The molecular weight excluding hydrogens is 616 g/mol. The van der Waals surface area contributed by atoms with E-state index in [0.29, 0.717) is 5.39 Å². The fraction of sp³-hybridized carbons (Fsp3) is 0.250. The molecule has 44 heavy (non-hydrogen) atoms. The lowest BCUT2D eigenvalue weighted by atomic mass is 10.1. The number of piperazine rings is 1. The van der Waals surface area contributed by atoms with Gasteiger partial charge in [0.15, 0.2) is 5.75 Å². The Bertz CT molecular complexity index is 1790. The Morgan fingerprint density at radius 3 is 2.36 bits per heavy atom. The van der Waals surface area contributed by atoms with Crippen molar-refractivity contribution in [2.45, 2.75) is 24.0 Å². The lowest BCUT2D eigenvalue weighted by Crippen LogP contribution is -2.48. The molecule has 0 saturated carbocycles. The van der Waals surface area contributed by atoms with Crippen LogP contribution in [-0.2, 0) is 22.7 Å². The zero-order chi connectivity index (χ0) is 31.7. The zero-order valence-electron chi connectivity index (χ0n) is 22.6. The van der Waals surface area contributed by atoms with Crippen LogP contribution in [0.3, 0.4) is 0 Å². The molecule has 4 aromatic rings. The average molecular weight is 640 g/mol. The molecule has 1 amide bonds. The third kappa shape index (κ3) is 7.02. The molecule has 5 rings (SSSR count). The second-order valence-electron chi connectivity index (χ2n) is 9.79. The Hall–Kier alpha value is -4.44. The van der Waals surface area contributed by atoms with Crippen molar-refractivity contribution in [3.05, 3.63) is 89.9 Å². The first-order valence-electron chi connectivity index (χ1n) is 13.0. The third-order valence-corrected chi connectivity index (χ3v) is 8.24. The summed E-state index contributed by atoms with van der Waals surface area (Å²) in [5, 5.41) is 0.490. The van der Waals surface area contributed by atoms with Gasteiger partial charge in [0, 0.05) is 62.3 Å². The minimum Gasteiger partial charge on any atom is -0.404 e. The van der Waals surface area contributed by atoms with Crippen LogP contribution in [0.15, 0.2) is 78.1 Å². The Balaban J connectivity index is 1.33. The first kappa shape index (κ1) is 31.0. The van der Waals surface area contributed by atoms with Crippen LogP contribution in [0.2, 0.25) is 0 Å². The van der Waals surface area contributed by atoms with Gasteiger partial charge in [-0.2, -0.15) is 13.2 Å². The lowest BCUT2D eigenvalue weighted by molar-refractivity contribution is -0.274. The highest BCUT2D eigenvalue weighted by molar-refractivity contribution is 7.93.